The summed E-state index contributed by atoms with van der Waals surface area (Å²) >= 11 is 0. The van der Waals surface area contributed by atoms with Crippen molar-refractivity contribution < 1.29 is 0 Å². The standard InChI is InChI=1S/C13H23N/c14-13(11-7-3-1-4-8-11)12-9-5-2-6-10-12/h7,12-13H,1-6,8-10,14H2. The molecule has 80 valence electrons. The second-order valence-electron chi connectivity index (χ2n) is 4.95. The molecule has 0 aromatic rings. The minimum atomic E-state index is 0.399. The predicted molar refractivity (Wildman–Crippen MR) is 61.1 cm³/mol. The molecule has 1 atom stereocenters. The van der Waals surface area contributed by atoms with Gasteiger partial charge in [-0.2, -0.15) is 0 Å². The van der Waals surface area contributed by atoms with Crippen LogP contribution in [0.1, 0.15) is 57.8 Å². The molecular formula is C13H23N. The fourth-order valence-corrected chi connectivity index (χ4v) is 2.96. The summed E-state index contributed by atoms with van der Waals surface area (Å²) in [6.07, 6.45) is 14.7. The summed E-state index contributed by atoms with van der Waals surface area (Å²) in [6.45, 7) is 0. The predicted octanol–water partition coefficient (Wildman–Crippen LogP) is 3.39. The van der Waals surface area contributed by atoms with E-state index in [1.807, 2.05) is 0 Å². The van der Waals surface area contributed by atoms with Crippen LogP contribution in [0.15, 0.2) is 11.6 Å². The van der Waals surface area contributed by atoms with Crippen molar-refractivity contribution in [1.29, 1.82) is 0 Å². The normalized spacial score (nSPS) is 27.1. The van der Waals surface area contributed by atoms with Gasteiger partial charge >= 0.3 is 0 Å². The number of nitrogens with two attached hydrogens (primary N) is 1. The van der Waals surface area contributed by atoms with E-state index in [0.717, 1.165) is 5.92 Å². The van der Waals surface area contributed by atoms with E-state index >= 15 is 0 Å². The molecule has 2 N–H and O–H groups in total. The molecule has 2 aliphatic rings. The van der Waals surface area contributed by atoms with E-state index in [1.54, 1.807) is 5.57 Å². The second kappa shape index (κ2) is 4.97. The largest absolute Gasteiger partial charge is 0.324 e. The van der Waals surface area contributed by atoms with Gasteiger partial charge in [0.15, 0.2) is 0 Å². The molecule has 0 amide bonds. The zero-order valence-electron chi connectivity index (χ0n) is 9.17. The van der Waals surface area contributed by atoms with Crippen molar-refractivity contribution in [3.05, 3.63) is 11.6 Å². The van der Waals surface area contributed by atoms with Crippen LogP contribution in [-0.4, -0.2) is 6.04 Å². The molecule has 0 radical (unpaired) electrons. The Morgan fingerprint density at radius 3 is 2.50 bits per heavy atom. The lowest BCUT2D eigenvalue weighted by Crippen LogP contribution is -2.34. The molecule has 1 fully saturated rings. The molecule has 2 rings (SSSR count). The molecule has 0 spiro atoms. The fourth-order valence-electron chi connectivity index (χ4n) is 2.96. The molecule has 0 saturated heterocycles. The molecule has 14 heavy (non-hydrogen) atoms. The van der Waals surface area contributed by atoms with E-state index in [0.29, 0.717) is 6.04 Å². The van der Waals surface area contributed by atoms with Gasteiger partial charge in [0.2, 0.25) is 0 Å². The molecule has 2 aliphatic carbocycles. The third-order valence-corrected chi connectivity index (χ3v) is 3.91. The van der Waals surface area contributed by atoms with Crippen LogP contribution in [0.5, 0.6) is 0 Å². The highest BCUT2D eigenvalue weighted by molar-refractivity contribution is 5.14. The van der Waals surface area contributed by atoms with Gasteiger partial charge in [0, 0.05) is 6.04 Å². The van der Waals surface area contributed by atoms with Crippen molar-refractivity contribution in [2.45, 2.75) is 63.8 Å². The van der Waals surface area contributed by atoms with E-state index in [4.69, 9.17) is 5.73 Å². The molecule has 0 aromatic carbocycles. The van der Waals surface area contributed by atoms with Crippen LogP contribution in [0.25, 0.3) is 0 Å². The third-order valence-electron chi connectivity index (χ3n) is 3.91. The maximum absolute atomic E-state index is 6.35. The number of hydrogen-bond donors (Lipinski definition) is 1. The van der Waals surface area contributed by atoms with E-state index in [1.165, 1.54) is 57.8 Å². The maximum atomic E-state index is 6.35. The second-order valence-corrected chi connectivity index (χ2v) is 4.95. The quantitative estimate of drug-likeness (QED) is 0.668. The van der Waals surface area contributed by atoms with Crippen LogP contribution in [-0.2, 0) is 0 Å². The van der Waals surface area contributed by atoms with E-state index in [-0.39, 0.29) is 0 Å². The molecule has 0 bridgehead atoms. The summed E-state index contributed by atoms with van der Waals surface area (Å²) < 4.78 is 0. The van der Waals surface area contributed by atoms with E-state index < -0.39 is 0 Å². The lowest BCUT2D eigenvalue weighted by atomic mass is 9.79. The Morgan fingerprint density at radius 2 is 1.86 bits per heavy atom. The smallest absolute Gasteiger partial charge is 0.0282 e. The van der Waals surface area contributed by atoms with Gasteiger partial charge in [-0.25, -0.2) is 0 Å². The highest BCUT2D eigenvalue weighted by Gasteiger charge is 2.23. The highest BCUT2D eigenvalue weighted by Crippen LogP contribution is 2.31. The lowest BCUT2D eigenvalue weighted by molar-refractivity contribution is 0.319. The zero-order chi connectivity index (χ0) is 9.80. The Balaban J connectivity index is 1.91. The van der Waals surface area contributed by atoms with Gasteiger partial charge in [0.25, 0.3) is 0 Å². The van der Waals surface area contributed by atoms with Crippen LogP contribution in [0.3, 0.4) is 0 Å². The van der Waals surface area contributed by atoms with Crippen LogP contribution in [0.2, 0.25) is 0 Å². The highest BCUT2D eigenvalue weighted by atomic mass is 14.7. The van der Waals surface area contributed by atoms with Crippen LogP contribution < -0.4 is 5.73 Å². The summed E-state index contributed by atoms with van der Waals surface area (Å²) in [5.74, 6) is 0.799. The van der Waals surface area contributed by atoms with Gasteiger partial charge in [-0.15, -0.1) is 0 Å². The van der Waals surface area contributed by atoms with Crippen molar-refractivity contribution in [3.8, 4) is 0 Å². The van der Waals surface area contributed by atoms with Crippen LogP contribution in [0.4, 0.5) is 0 Å². The van der Waals surface area contributed by atoms with Gasteiger partial charge in [0.05, 0.1) is 0 Å². The molecule has 1 heteroatoms. The average molecular weight is 193 g/mol. The zero-order valence-corrected chi connectivity index (χ0v) is 9.17. The van der Waals surface area contributed by atoms with Crippen molar-refractivity contribution in [3.63, 3.8) is 0 Å². The molecule has 1 nitrogen and oxygen atoms in total. The summed E-state index contributed by atoms with van der Waals surface area (Å²) in [5.41, 5.74) is 7.93. The Morgan fingerprint density at radius 1 is 1.07 bits per heavy atom. The van der Waals surface area contributed by atoms with E-state index in [9.17, 15) is 0 Å². The van der Waals surface area contributed by atoms with Gasteiger partial charge in [-0.05, 0) is 44.4 Å². The molecule has 1 unspecified atom stereocenters. The lowest BCUT2D eigenvalue weighted by Gasteiger charge is -2.30. The number of hydrogen-bond acceptors (Lipinski definition) is 1. The van der Waals surface area contributed by atoms with E-state index in [2.05, 4.69) is 6.08 Å². The summed E-state index contributed by atoms with van der Waals surface area (Å²) in [5, 5.41) is 0. The summed E-state index contributed by atoms with van der Waals surface area (Å²) in [4.78, 5) is 0. The molecule has 0 heterocycles. The Labute approximate surface area is 87.8 Å². The first-order chi connectivity index (χ1) is 6.88. The first-order valence-electron chi connectivity index (χ1n) is 6.32. The Kier molecular flexibility index (Phi) is 3.63. The molecule has 0 aromatic heterocycles. The number of allylic oxidation sites excluding steroid dienone is 1. The van der Waals surface area contributed by atoms with Crippen molar-refractivity contribution in [1.82, 2.24) is 0 Å². The molecular weight excluding hydrogens is 170 g/mol. The molecule has 1 saturated carbocycles. The average Bonchev–Trinajstić information content (AvgIpc) is 2.30. The molecule has 0 aliphatic heterocycles. The minimum Gasteiger partial charge on any atom is -0.324 e. The maximum Gasteiger partial charge on any atom is 0.0282 e. The fraction of sp³-hybridized carbons (Fsp3) is 0.846. The van der Waals surface area contributed by atoms with Crippen molar-refractivity contribution in [2.24, 2.45) is 11.7 Å². The monoisotopic (exact) mass is 193 g/mol. The topological polar surface area (TPSA) is 26.0 Å². The van der Waals surface area contributed by atoms with Crippen molar-refractivity contribution in [2.75, 3.05) is 0 Å². The number of rotatable bonds is 2. The Hall–Kier alpha value is -0.300. The van der Waals surface area contributed by atoms with Crippen LogP contribution >= 0.6 is 0 Å². The summed E-state index contributed by atoms with van der Waals surface area (Å²) in [6, 6.07) is 0.399. The first kappa shape index (κ1) is 10.2. The third kappa shape index (κ3) is 2.38. The first-order valence-corrected chi connectivity index (χ1v) is 6.32. The SMILES string of the molecule is NC(C1=CCCCC1)C1CCCCC1. The van der Waals surface area contributed by atoms with Gasteiger partial charge < -0.3 is 5.73 Å². The van der Waals surface area contributed by atoms with Gasteiger partial charge in [0.1, 0.15) is 0 Å². The van der Waals surface area contributed by atoms with Gasteiger partial charge in [-0.1, -0.05) is 30.9 Å². The van der Waals surface area contributed by atoms with Crippen molar-refractivity contribution >= 4 is 0 Å². The Bertz CT molecular complexity index is 201. The van der Waals surface area contributed by atoms with Gasteiger partial charge in [-0.3, -0.25) is 0 Å². The minimum absolute atomic E-state index is 0.399. The summed E-state index contributed by atoms with van der Waals surface area (Å²) in [7, 11) is 0. The van der Waals surface area contributed by atoms with Crippen LogP contribution in [0, 0.1) is 5.92 Å².